The number of aromatic nitrogens is 2. The van der Waals surface area contributed by atoms with Crippen LogP contribution in [0.3, 0.4) is 0 Å². The van der Waals surface area contributed by atoms with E-state index in [9.17, 15) is 23.2 Å². The summed E-state index contributed by atoms with van der Waals surface area (Å²) in [5.41, 5.74) is 0.736. The number of benzene rings is 2. The van der Waals surface area contributed by atoms with Crippen LogP contribution in [0.4, 0.5) is 23.5 Å². The van der Waals surface area contributed by atoms with E-state index < -0.39 is 35.8 Å². The normalized spacial score (nSPS) is 11.4. The van der Waals surface area contributed by atoms with E-state index >= 15 is 0 Å². The van der Waals surface area contributed by atoms with Crippen LogP contribution in [-0.4, -0.2) is 65.1 Å². The molecule has 2 aromatic carbocycles. The molecule has 0 aliphatic heterocycles. The van der Waals surface area contributed by atoms with Crippen molar-refractivity contribution in [3.05, 3.63) is 59.7 Å². The molecule has 3 rings (SSSR count). The Morgan fingerprint density at radius 1 is 1.13 bits per heavy atom. The van der Waals surface area contributed by atoms with E-state index in [1.54, 1.807) is 31.4 Å². The number of nitrogens with one attached hydrogen (secondary N) is 2. The van der Waals surface area contributed by atoms with Gasteiger partial charge in [-0.15, -0.1) is 10.2 Å². The van der Waals surface area contributed by atoms with Gasteiger partial charge in [-0.2, -0.15) is 0 Å². The number of likely N-dealkylation sites (N-methyl/N-ethyl adjacent to an activating group) is 1. The number of halogens is 2. The zero-order valence-electron chi connectivity index (χ0n) is 21.1. The molecule has 0 aliphatic rings. The monoisotopic (exact) mass is 563 g/mol. The standard InChI is InChI=1S/C25H27F2N5O6S/c1-32(24(35)28-13-16-5-3-7-19(26)21(16)27)17(6-4-8-20(33)34)14-38-25(36)29-23-31-30-22(39-23)15-9-11-18(37-2)12-10-15/h3,5,7,9-12,17H,4,6,8,13-14H2,1-2H3,(H,28,35)(H,33,34)(H,29,31,36)/t17-/m0/s1. The zero-order valence-corrected chi connectivity index (χ0v) is 22.0. The third-order valence-electron chi connectivity index (χ3n) is 5.64. The number of ether oxygens (including phenoxy) is 2. The minimum atomic E-state index is -1.06. The van der Waals surface area contributed by atoms with Crippen molar-refractivity contribution in [1.82, 2.24) is 20.4 Å². The Kier molecular flexibility index (Phi) is 10.5. The summed E-state index contributed by atoms with van der Waals surface area (Å²) in [5.74, 6) is -2.43. The molecule has 11 nitrogen and oxygen atoms in total. The molecule has 0 saturated carbocycles. The number of rotatable bonds is 12. The van der Waals surface area contributed by atoms with Gasteiger partial charge in [0.2, 0.25) is 5.13 Å². The van der Waals surface area contributed by atoms with Gasteiger partial charge >= 0.3 is 18.1 Å². The van der Waals surface area contributed by atoms with Crippen LogP contribution in [0.15, 0.2) is 42.5 Å². The van der Waals surface area contributed by atoms with Crippen LogP contribution in [0, 0.1) is 11.6 Å². The molecule has 3 N–H and O–H groups in total. The fourth-order valence-corrected chi connectivity index (χ4v) is 4.18. The molecule has 0 bridgehead atoms. The SMILES string of the molecule is COc1ccc(-c2nnc(NC(=O)OC[C@H](CCCC(=O)O)N(C)C(=O)NCc3cccc(F)c3F)s2)cc1. The largest absolute Gasteiger partial charge is 0.497 e. The molecular formula is C25H27F2N5O6S. The maximum Gasteiger partial charge on any atom is 0.413 e. The van der Waals surface area contributed by atoms with Gasteiger partial charge in [0.25, 0.3) is 0 Å². The van der Waals surface area contributed by atoms with Crippen molar-refractivity contribution in [1.29, 1.82) is 0 Å². The topological polar surface area (TPSA) is 143 Å². The minimum absolute atomic E-state index is 0.0409. The average molecular weight is 564 g/mol. The summed E-state index contributed by atoms with van der Waals surface area (Å²) >= 11 is 1.12. The number of nitrogens with zero attached hydrogens (tertiary/aromatic N) is 3. The number of carbonyl (C=O) groups excluding carboxylic acids is 2. The summed E-state index contributed by atoms with van der Waals surface area (Å²) in [4.78, 5) is 37.2. The zero-order chi connectivity index (χ0) is 28.4. The third kappa shape index (κ3) is 8.60. The lowest BCUT2D eigenvalue weighted by Crippen LogP contribution is -2.46. The van der Waals surface area contributed by atoms with Crippen molar-refractivity contribution in [2.75, 3.05) is 26.1 Å². The highest BCUT2D eigenvalue weighted by atomic mass is 32.1. The second-order valence-corrected chi connectivity index (χ2v) is 9.26. The maximum atomic E-state index is 13.9. The number of hydrogen-bond donors (Lipinski definition) is 3. The van der Waals surface area contributed by atoms with Crippen LogP contribution in [-0.2, 0) is 16.1 Å². The Morgan fingerprint density at radius 3 is 2.56 bits per heavy atom. The third-order valence-corrected chi connectivity index (χ3v) is 6.52. The number of carbonyl (C=O) groups is 3. The van der Waals surface area contributed by atoms with Crippen molar-refractivity contribution < 1.29 is 37.7 Å². The Morgan fingerprint density at radius 2 is 1.87 bits per heavy atom. The minimum Gasteiger partial charge on any atom is -0.497 e. The van der Waals surface area contributed by atoms with Crippen molar-refractivity contribution in [3.63, 3.8) is 0 Å². The first-order valence-electron chi connectivity index (χ1n) is 11.7. The molecular weight excluding hydrogens is 536 g/mol. The van der Waals surface area contributed by atoms with Crippen molar-refractivity contribution in [2.45, 2.75) is 31.8 Å². The second kappa shape index (κ2) is 14.0. The maximum absolute atomic E-state index is 13.9. The Hall–Kier alpha value is -4.33. The van der Waals surface area contributed by atoms with E-state index in [1.807, 2.05) is 0 Å². The van der Waals surface area contributed by atoms with E-state index in [-0.39, 0.29) is 43.1 Å². The van der Waals surface area contributed by atoms with Gasteiger partial charge < -0.3 is 24.8 Å². The van der Waals surface area contributed by atoms with E-state index in [0.717, 1.165) is 23.0 Å². The van der Waals surface area contributed by atoms with Gasteiger partial charge in [-0.1, -0.05) is 23.5 Å². The fraction of sp³-hybridized carbons (Fsp3) is 0.320. The van der Waals surface area contributed by atoms with E-state index in [4.69, 9.17) is 14.6 Å². The summed E-state index contributed by atoms with van der Waals surface area (Å²) in [5, 5.41) is 22.6. The molecule has 3 amide bonds. The first-order chi connectivity index (χ1) is 18.7. The number of carboxylic acid groups (broad SMARTS) is 1. The summed E-state index contributed by atoms with van der Waals surface area (Å²) in [6, 6.07) is 9.42. The molecule has 39 heavy (non-hydrogen) atoms. The van der Waals surface area contributed by atoms with Crippen LogP contribution in [0.5, 0.6) is 5.75 Å². The molecule has 1 atom stereocenters. The van der Waals surface area contributed by atoms with Gasteiger partial charge in [-0.05, 0) is 43.2 Å². The Labute approximate surface area is 226 Å². The van der Waals surface area contributed by atoms with E-state index in [1.165, 1.54) is 24.1 Å². The summed E-state index contributed by atoms with van der Waals surface area (Å²) in [6.45, 7) is -0.530. The highest BCUT2D eigenvalue weighted by Crippen LogP contribution is 2.27. The number of carboxylic acids is 1. The van der Waals surface area contributed by atoms with Crippen molar-refractivity contribution >= 4 is 34.6 Å². The predicted molar refractivity (Wildman–Crippen MR) is 138 cm³/mol. The van der Waals surface area contributed by atoms with Gasteiger partial charge in [0.05, 0.1) is 13.2 Å². The lowest BCUT2D eigenvalue weighted by molar-refractivity contribution is -0.137. The smallest absolute Gasteiger partial charge is 0.413 e. The predicted octanol–water partition coefficient (Wildman–Crippen LogP) is 4.51. The first kappa shape index (κ1) is 29.2. The Bertz CT molecular complexity index is 1290. The van der Waals surface area contributed by atoms with Gasteiger partial charge in [0, 0.05) is 31.1 Å². The number of aliphatic carboxylic acids is 1. The highest BCUT2D eigenvalue weighted by Gasteiger charge is 2.23. The molecule has 208 valence electrons. The Balaban J connectivity index is 1.57. The number of methoxy groups -OCH3 is 1. The van der Waals surface area contributed by atoms with E-state index in [2.05, 4.69) is 20.8 Å². The summed E-state index contributed by atoms with van der Waals surface area (Å²) < 4.78 is 37.7. The number of anilines is 1. The number of hydrogen-bond acceptors (Lipinski definition) is 8. The van der Waals surface area contributed by atoms with Crippen LogP contribution in [0.25, 0.3) is 10.6 Å². The molecule has 3 aromatic rings. The molecule has 1 heterocycles. The highest BCUT2D eigenvalue weighted by molar-refractivity contribution is 7.18. The molecule has 1 aromatic heterocycles. The van der Waals surface area contributed by atoms with Crippen LogP contribution < -0.4 is 15.4 Å². The average Bonchev–Trinajstić information content (AvgIpc) is 3.39. The summed E-state index contributed by atoms with van der Waals surface area (Å²) in [6.07, 6.45) is -0.571. The van der Waals surface area contributed by atoms with E-state index in [0.29, 0.717) is 10.8 Å². The van der Waals surface area contributed by atoms with Gasteiger partial charge in [0.1, 0.15) is 17.4 Å². The number of amides is 3. The molecule has 14 heteroatoms. The molecule has 0 spiro atoms. The first-order valence-corrected chi connectivity index (χ1v) is 12.6. The lowest BCUT2D eigenvalue weighted by Gasteiger charge is -2.28. The molecule has 0 aliphatic carbocycles. The van der Waals surface area contributed by atoms with Crippen LogP contribution in [0.1, 0.15) is 24.8 Å². The summed E-state index contributed by atoms with van der Waals surface area (Å²) in [7, 11) is 2.98. The van der Waals surface area contributed by atoms with Crippen LogP contribution in [0.2, 0.25) is 0 Å². The lowest BCUT2D eigenvalue weighted by atomic mass is 10.1. The van der Waals surface area contributed by atoms with Crippen molar-refractivity contribution in [3.8, 4) is 16.3 Å². The van der Waals surface area contributed by atoms with Gasteiger partial charge in [-0.3, -0.25) is 10.1 Å². The van der Waals surface area contributed by atoms with Gasteiger partial charge in [-0.25, -0.2) is 18.4 Å². The molecule has 0 fully saturated rings. The fourth-order valence-electron chi connectivity index (χ4n) is 3.44. The molecule has 0 unspecified atom stereocenters. The quantitative estimate of drug-likeness (QED) is 0.292. The van der Waals surface area contributed by atoms with Gasteiger partial charge in [0.15, 0.2) is 11.6 Å². The van der Waals surface area contributed by atoms with Crippen LogP contribution >= 0.6 is 11.3 Å². The molecule has 0 saturated heterocycles. The second-order valence-electron chi connectivity index (χ2n) is 8.29. The molecule has 0 radical (unpaired) electrons. The van der Waals surface area contributed by atoms with Crippen molar-refractivity contribution in [2.24, 2.45) is 0 Å². The number of urea groups is 1.